The molecule has 3 nitrogen and oxygen atoms in total. The van der Waals surface area contributed by atoms with E-state index in [1.165, 1.54) is 0 Å². The highest BCUT2D eigenvalue weighted by Crippen LogP contribution is 2.03. The van der Waals surface area contributed by atoms with Crippen LogP contribution >= 0.6 is 0 Å². The Balaban J connectivity index is 2.80. The van der Waals surface area contributed by atoms with Crippen LogP contribution < -0.4 is 5.73 Å². The van der Waals surface area contributed by atoms with E-state index in [0.29, 0.717) is 5.56 Å². The Hall–Kier alpha value is -1.82. The van der Waals surface area contributed by atoms with Crippen molar-refractivity contribution in [3.8, 4) is 6.07 Å². The van der Waals surface area contributed by atoms with Crippen molar-refractivity contribution >= 4 is 5.91 Å². The van der Waals surface area contributed by atoms with Gasteiger partial charge in [0.1, 0.15) is 0 Å². The average Bonchev–Trinajstić information content (AvgIpc) is 2.05. The van der Waals surface area contributed by atoms with Crippen molar-refractivity contribution in [2.75, 3.05) is 0 Å². The van der Waals surface area contributed by atoms with Gasteiger partial charge in [0.25, 0.3) is 0 Å². The van der Waals surface area contributed by atoms with Gasteiger partial charge in [0, 0.05) is 0 Å². The molecule has 0 atom stereocenters. The highest BCUT2D eigenvalue weighted by molar-refractivity contribution is 5.75. The molecule has 0 aliphatic heterocycles. The van der Waals surface area contributed by atoms with Crippen LogP contribution in [0.4, 0.5) is 0 Å². The zero-order valence-corrected chi connectivity index (χ0v) is 6.37. The fraction of sp³-hybridized carbons (Fsp3) is 0.111. The van der Waals surface area contributed by atoms with Crippen LogP contribution in [0.25, 0.3) is 0 Å². The fourth-order valence-corrected chi connectivity index (χ4v) is 0.883. The average molecular weight is 159 g/mol. The molecule has 59 valence electrons. The first kappa shape index (κ1) is 8.28. The molecule has 0 saturated carbocycles. The molecule has 3 heteroatoms. The lowest BCUT2D eigenvalue weighted by Crippen LogP contribution is -2.01. The van der Waals surface area contributed by atoms with Crippen LogP contribution in [0.3, 0.4) is 0 Å². The van der Waals surface area contributed by atoms with Gasteiger partial charge in [-0.1, -0.05) is 12.1 Å². The second kappa shape index (κ2) is 3.54. The quantitative estimate of drug-likeness (QED) is 0.643. The van der Waals surface area contributed by atoms with E-state index >= 15 is 0 Å². The molecule has 0 saturated heterocycles. The normalized spacial score (nSPS) is 8.92. The topological polar surface area (TPSA) is 64.7 Å². The van der Waals surface area contributed by atoms with Gasteiger partial charge in [0.15, 0.2) is 0 Å². The third-order valence-electron chi connectivity index (χ3n) is 1.45. The molecule has 1 aromatic carbocycles. The summed E-state index contributed by atoms with van der Waals surface area (Å²) in [6.45, 7) is 0. The summed E-state index contributed by atoms with van der Waals surface area (Å²) in [5, 5.41) is 8.46. The van der Waals surface area contributed by atoms with Gasteiger partial charge in [-0.2, -0.15) is 5.26 Å². The predicted molar refractivity (Wildman–Crippen MR) is 43.0 cm³/mol. The van der Waals surface area contributed by atoms with Crippen molar-refractivity contribution in [1.82, 2.24) is 5.73 Å². The number of nitriles is 1. The monoisotopic (exact) mass is 159 g/mol. The van der Waals surface area contributed by atoms with Crippen molar-refractivity contribution in [1.29, 1.82) is 5.26 Å². The van der Waals surface area contributed by atoms with Crippen LogP contribution in [0.5, 0.6) is 0 Å². The number of carbonyl (C=O) groups is 1. The minimum atomic E-state index is -0.611. The SMILES string of the molecule is N#Cc1ccc(CC([NH])=O)cc1. The summed E-state index contributed by atoms with van der Waals surface area (Å²) < 4.78 is 0. The highest BCUT2D eigenvalue weighted by atomic mass is 16.1. The van der Waals surface area contributed by atoms with E-state index in [-0.39, 0.29) is 6.42 Å². The lowest BCUT2D eigenvalue weighted by atomic mass is 10.1. The number of nitrogens with zero attached hydrogens (tertiary/aromatic N) is 1. The molecular weight excluding hydrogens is 152 g/mol. The first-order valence-corrected chi connectivity index (χ1v) is 3.46. The number of amides is 1. The number of nitrogens with one attached hydrogen (secondary N) is 1. The van der Waals surface area contributed by atoms with E-state index in [2.05, 4.69) is 0 Å². The smallest absolute Gasteiger partial charge is 0.242 e. The summed E-state index contributed by atoms with van der Waals surface area (Å²) in [5.41, 5.74) is 8.05. The van der Waals surface area contributed by atoms with Crippen LogP contribution in [0, 0.1) is 11.3 Å². The van der Waals surface area contributed by atoms with Crippen LogP contribution in [-0.2, 0) is 11.2 Å². The van der Waals surface area contributed by atoms with Crippen molar-refractivity contribution in [3.63, 3.8) is 0 Å². The minimum Gasteiger partial charge on any atom is -0.273 e. The van der Waals surface area contributed by atoms with E-state index in [1.807, 2.05) is 6.07 Å². The number of carbonyl (C=O) groups excluding carboxylic acids is 1. The Morgan fingerprint density at radius 2 is 2.00 bits per heavy atom. The number of hydrogen-bond donors (Lipinski definition) is 0. The molecule has 0 aromatic heterocycles. The predicted octanol–water partition coefficient (Wildman–Crippen LogP) is 0.910. The van der Waals surface area contributed by atoms with Crippen molar-refractivity contribution in [3.05, 3.63) is 35.4 Å². The summed E-state index contributed by atoms with van der Waals surface area (Å²) in [6, 6.07) is 8.62. The molecule has 12 heavy (non-hydrogen) atoms. The first-order valence-electron chi connectivity index (χ1n) is 3.46. The minimum absolute atomic E-state index is 0.117. The van der Waals surface area contributed by atoms with Gasteiger partial charge in [0.05, 0.1) is 18.1 Å². The Kier molecular flexibility index (Phi) is 2.44. The fourth-order valence-electron chi connectivity index (χ4n) is 0.883. The molecule has 0 unspecified atom stereocenters. The molecule has 1 rings (SSSR count). The molecule has 0 spiro atoms. The lowest BCUT2D eigenvalue weighted by molar-refractivity contribution is -0.118. The van der Waals surface area contributed by atoms with Gasteiger partial charge >= 0.3 is 0 Å². The molecule has 0 bridgehead atoms. The highest BCUT2D eigenvalue weighted by Gasteiger charge is 1.98. The summed E-state index contributed by atoms with van der Waals surface area (Å²) in [5.74, 6) is -0.611. The molecule has 1 N–H and O–H groups in total. The van der Waals surface area contributed by atoms with Gasteiger partial charge in [-0.15, -0.1) is 0 Å². The molecule has 0 heterocycles. The zero-order valence-electron chi connectivity index (χ0n) is 6.37. The third kappa shape index (κ3) is 2.10. The standard InChI is InChI=1S/C9H7N2O/c10-6-8-3-1-7(2-4-8)5-9(11)12/h1-4,11H,5H2. The Morgan fingerprint density at radius 3 is 2.42 bits per heavy atom. The second-order valence-electron chi connectivity index (χ2n) is 2.41. The first-order chi connectivity index (χ1) is 5.72. The van der Waals surface area contributed by atoms with Gasteiger partial charge in [0.2, 0.25) is 5.91 Å². The van der Waals surface area contributed by atoms with Gasteiger partial charge < -0.3 is 0 Å². The molecule has 0 aliphatic rings. The number of hydrogen-bond acceptors (Lipinski definition) is 2. The zero-order chi connectivity index (χ0) is 8.97. The van der Waals surface area contributed by atoms with E-state index in [4.69, 9.17) is 11.0 Å². The van der Waals surface area contributed by atoms with Gasteiger partial charge in [-0.3, -0.25) is 10.5 Å². The number of benzene rings is 1. The summed E-state index contributed by atoms with van der Waals surface area (Å²) in [6.07, 6.45) is 0.117. The summed E-state index contributed by atoms with van der Waals surface area (Å²) in [7, 11) is 0. The van der Waals surface area contributed by atoms with Crippen LogP contribution in [-0.4, -0.2) is 5.91 Å². The second-order valence-corrected chi connectivity index (χ2v) is 2.41. The van der Waals surface area contributed by atoms with E-state index in [9.17, 15) is 4.79 Å². The van der Waals surface area contributed by atoms with Crippen molar-refractivity contribution < 1.29 is 4.79 Å². The largest absolute Gasteiger partial charge is 0.273 e. The van der Waals surface area contributed by atoms with Crippen LogP contribution in [0.1, 0.15) is 11.1 Å². The van der Waals surface area contributed by atoms with E-state index in [0.717, 1.165) is 5.56 Å². The molecule has 1 amide bonds. The lowest BCUT2D eigenvalue weighted by Gasteiger charge is -1.95. The van der Waals surface area contributed by atoms with Crippen LogP contribution in [0.2, 0.25) is 0 Å². The maximum atomic E-state index is 10.4. The van der Waals surface area contributed by atoms with E-state index in [1.54, 1.807) is 24.3 Å². The summed E-state index contributed by atoms with van der Waals surface area (Å²) >= 11 is 0. The molecule has 1 radical (unpaired) electrons. The Labute approximate surface area is 70.4 Å². The molecule has 0 fully saturated rings. The van der Waals surface area contributed by atoms with Crippen LogP contribution in [0.15, 0.2) is 24.3 Å². The van der Waals surface area contributed by atoms with Gasteiger partial charge in [-0.05, 0) is 17.7 Å². The Morgan fingerprint density at radius 1 is 1.42 bits per heavy atom. The summed E-state index contributed by atoms with van der Waals surface area (Å²) in [4.78, 5) is 10.4. The molecule has 1 aromatic rings. The third-order valence-corrected chi connectivity index (χ3v) is 1.45. The van der Waals surface area contributed by atoms with E-state index < -0.39 is 5.91 Å². The maximum Gasteiger partial charge on any atom is 0.242 e. The number of rotatable bonds is 2. The molecule has 0 aliphatic carbocycles. The maximum absolute atomic E-state index is 10.4. The van der Waals surface area contributed by atoms with Gasteiger partial charge in [-0.25, -0.2) is 0 Å². The Bertz CT molecular complexity index is 321. The molecular formula is C9H7N2O. The van der Waals surface area contributed by atoms with Crippen molar-refractivity contribution in [2.24, 2.45) is 0 Å². The van der Waals surface area contributed by atoms with Crippen molar-refractivity contribution in [2.45, 2.75) is 6.42 Å².